The van der Waals surface area contributed by atoms with Crippen LogP contribution in [-0.2, 0) is 9.59 Å². The van der Waals surface area contributed by atoms with Gasteiger partial charge in [0.15, 0.2) is 0 Å². The highest BCUT2D eigenvalue weighted by Crippen LogP contribution is 2.22. The van der Waals surface area contributed by atoms with E-state index in [2.05, 4.69) is 10.6 Å². The minimum absolute atomic E-state index is 0.214. The van der Waals surface area contributed by atoms with Gasteiger partial charge in [-0.15, -0.1) is 0 Å². The van der Waals surface area contributed by atoms with Gasteiger partial charge in [-0.1, -0.05) is 6.07 Å². The van der Waals surface area contributed by atoms with E-state index in [1.54, 1.807) is 61.6 Å². The van der Waals surface area contributed by atoms with Gasteiger partial charge in [-0.05, 0) is 91.0 Å². The molecule has 5 rings (SSSR count). The Morgan fingerprint density at radius 3 is 1.71 bits per heavy atom. The Balaban J connectivity index is 1.17. The highest BCUT2D eigenvalue weighted by atomic mass is 16.5. The minimum Gasteiger partial charge on any atom is -0.423 e. The Bertz CT molecular complexity index is 1690. The van der Waals surface area contributed by atoms with Gasteiger partial charge in [0.1, 0.15) is 11.5 Å². The first-order valence-corrected chi connectivity index (χ1v) is 12.7. The van der Waals surface area contributed by atoms with Crippen LogP contribution in [0.5, 0.6) is 11.5 Å². The number of hydrogen-bond acceptors (Lipinski definition) is 8. The third-order valence-electron chi connectivity index (χ3n) is 6.21. The third kappa shape index (κ3) is 6.23. The van der Waals surface area contributed by atoms with Crippen LogP contribution in [0.2, 0.25) is 0 Å². The van der Waals surface area contributed by atoms with Gasteiger partial charge < -0.3 is 20.1 Å². The summed E-state index contributed by atoms with van der Waals surface area (Å²) in [6, 6.07) is 25.1. The molecule has 4 aromatic carbocycles. The molecule has 0 spiro atoms. The molecule has 0 aromatic heterocycles. The molecule has 4 aromatic rings. The average molecular weight is 562 g/mol. The fourth-order valence-corrected chi connectivity index (χ4v) is 4.02. The molecule has 0 saturated heterocycles. The molecule has 0 bridgehead atoms. The molecule has 1 aliphatic heterocycles. The first-order chi connectivity index (χ1) is 20.3. The Labute approximate surface area is 240 Å². The van der Waals surface area contributed by atoms with Crippen molar-refractivity contribution in [3.05, 3.63) is 126 Å². The summed E-state index contributed by atoms with van der Waals surface area (Å²) in [4.78, 5) is 62.6. The number of nitrogens with one attached hydrogen (secondary N) is 2. The number of imide groups is 1. The van der Waals surface area contributed by atoms with Gasteiger partial charge in [-0.25, -0.2) is 14.5 Å². The van der Waals surface area contributed by atoms with Gasteiger partial charge in [0, 0.05) is 36.1 Å². The first-order valence-electron chi connectivity index (χ1n) is 12.7. The molecule has 0 radical (unpaired) electrons. The normalized spacial score (nSPS) is 12.2. The zero-order valence-electron chi connectivity index (χ0n) is 22.2. The predicted molar refractivity (Wildman–Crippen MR) is 155 cm³/mol. The number of amides is 3. The lowest BCUT2D eigenvalue weighted by Crippen LogP contribution is -2.29. The number of rotatable bonds is 8. The van der Waals surface area contributed by atoms with E-state index < -0.39 is 29.7 Å². The standard InChI is InChI=1S/C32H23N3O7/c1-33-23-7-13-26(14-8-23)42-32(40)22-4-2-3-21(19-22)30(38)34-24-9-15-27(16-10-24)41-31(39)20-5-11-25(12-6-20)35-28(36)17-18-29(35)37/h2-19,33H,1H3,(H,34,38). The van der Waals surface area contributed by atoms with E-state index in [0.717, 1.165) is 10.6 Å². The summed E-state index contributed by atoms with van der Waals surface area (Å²) in [6.07, 6.45) is 2.35. The van der Waals surface area contributed by atoms with Crippen molar-refractivity contribution in [2.75, 3.05) is 22.6 Å². The number of carbonyl (C=O) groups is 5. The molecule has 208 valence electrons. The third-order valence-corrected chi connectivity index (χ3v) is 6.21. The lowest BCUT2D eigenvalue weighted by molar-refractivity contribution is -0.120. The van der Waals surface area contributed by atoms with E-state index >= 15 is 0 Å². The Kier molecular flexibility index (Phi) is 7.87. The van der Waals surface area contributed by atoms with E-state index in [1.807, 2.05) is 0 Å². The summed E-state index contributed by atoms with van der Waals surface area (Å²) >= 11 is 0. The smallest absolute Gasteiger partial charge is 0.343 e. The monoisotopic (exact) mass is 561 g/mol. The number of esters is 2. The van der Waals surface area contributed by atoms with Crippen molar-refractivity contribution < 1.29 is 33.4 Å². The molecule has 0 unspecified atom stereocenters. The van der Waals surface area contributed by atoms with E-state index in [1.165, 1.54) is 54.6 Å². The molecule has 0 fully saturated rings. The van der Waals surface area contributed by atoms with E-state index in [4.69, 9.17) is 9.47 Å². The second kappa shape index (κ2) is 12.0. The number of hydrogen-bond donors (Lipinski definition) is 2. The fourth-order valence-electron chi connectivity index (χ4n) is 4.02. The van der Waals surface area contributed by atoms with Gasteiger partial charge in [0.05, 0.1) is 16.8 Å². The van der Waals surface area contributed by atoms with Crippen molar-refractivity contribution in [2.24, 2.45) is 0 Å². The molecule has 0 aliphatic carbocycles. The molecule has 0 atom stereocenters. The summed E-state index contributed by atoms with van der Waals surface area (Å²) in [5.74, 6) is -1.98. The van der Waals surface area contributed by atoms with Gasteiger partial charge >= 0.3 is 11.9 Å². The van der Waals surface area contributed by atoms with Gasteiger partial charge in [-0.3, -0.25) is 14.4 Å². The number of carbonyl (C=O) groups excluding carboxylic acids is 5. The average Bonchev–Trinajstić information content (AvgIpc) is 3.35. The number of anilines is 3. The number of ether oxygens (including phenoxy) is 2. The summed E-state index contributed by atoms with van der Waals surface area (Å²) < 4.78 is 10.8. The number of nitrogens with zero attached hydrogens (tertiary/aromatic N) is 1. The lowest BCUT2D eigenvalue weighted by Gasteiger charge is -2.14. The van der Waals surface area contributed by atoms with Crippen LogP contribution in [0.15, 0.2) is 109 Å². The van der Waals surface area contributed by atoms with Gasteiger partial charge in [0.2, 0.25) is 0 Å². The van der Waals surface area contributed by atoms with Crippen LogP contribution in [0.3, 0.4) is 0 Å². The summed E-state index contributed by atoms with van der Waals surface area (Å²) in [6.45, 7) is 0. The SMILES string of the molecule is CNc1ccc(OC(=O)c2cccc(C(=O)Nc3ccc(OC(=O)c4ccc(N5C(=O)C=CC5=O)cc4)cc3)c2)cc1. The molecule has 1 heterocycles. The summed E-state index contributed by atoms with van der Waals surface area (Å²) in [7, 11) is 1.79. The molecule has 1 aliphatic rings. The van der Waals surface area contributed by atoms with Crippen LogP contribution in [0, 0.1) is 0 Å². The summed E-state index contributed by atoms with van der Waals surface area (Å²) in [5.41, 5.74) is 2.34. The van der Waals surface area contributed by atoms with E-state index in [9.17, 15) is 24.0 Å². The number of benzene rings is 4. The van der Waals surface area contributed by atoms with Crippen LogP contribution in [0.1, 0.15) is 31.1 Å². The minimum atomic E-state index is -0.641. The molecular weight excluding hydrogens is 538 g/mol. The first kappa shape index (κ1) is 27.5. The molecule has 10 nitrogen and oxygen atoms in total. The van der Waals surface area contributed by atoms with Crippen LogP contribution in [0.25, 0.3) is 0 Å². The zero-order valence-corrected chi connectivity index (χ0v) is 22.2. The fraction of sp³-hybridized carbons (Fsp3) is 0.0312. The Morgan fingerprint density at radius 1 is 0.619 bits per heavy atom. The van der Waals surface area contributed by atoms with Crippen molar-refractivity contribution in [3.8, 4) is 11.5 Å². The Morgan fingerprint density at radius 2 is 1.14 bits per heavy atom. The van der Waals surface area contributed by atoms with Crippen LogP contribution in [0.4, 0.5) is 17.1 Å². The maximum Gasteiger partial charge on any atom is 0.343 e. The Hall–Kier alpha value is -6.03. The van der Waals surface area contributed by atoms with Crippen LogP contribution in [-0.4, -0.2) is 36.7 Å². The van der Waals surface area contributed by atoms with Crippen molar-refractivity contribution in [3.63, 3.8) is 0 Å². The second-order valence-corrected chi connectivity index (χ2v) is 9.00. The van der Waals surface area contributed by atoms with Gasteiger partial charge in [-0.2, -0.15) is 0 Å². The summed E-state index contributed by atoms with van der Waals surface area (Å²) in [5, 5.41) is 5.72. The highest BCUT2D eigenvalue weighted by Gasteiger charge is 2.25. The van der Waals surface area contributed by atoms with Crippen LogP contribution >= 0.6 is 0 Å². The molecule has 42 heavy (non-hydrogen) atoms. The second-order valence-electron chi connectivity index (χ2n) is 9.00. The van der Waals surface area contributed by atoms with Gasteiger partial charge in [0.25, 0.3) is 17.7 Å². The molecule has 3 amide bonds. The van der Waals surface area contributed by atoms with Crippen molar-refractivity contribution in [1.29, 1.82) is 0 Å². The largest absolute Gasteiger partial charge is 0.423 e. The van der Waals surface area contributed by atoms with Crippen LogP contribution < -0.4 is 25.0 Å². The molecule has 2 N–H and O–H groups in total. The van der Waals surface area contributed by atoms with E-state index in [0.29, 0.717) is 17.1 Å². The maximum absolute atomic E-state index is 12.8. The van der Waals surface area contributed by atoms with Crippen molar-refractivity contribution in [2.45, 2.75) is 0 Å². The quantitative estimate of drug-likeness (QED) is 0.177. The van der Waals surface area contributed by atoms with Crippen molar-refractivity contribution in [1.82, 2.24) is 0 Å². The lowest BCUT2D eigenvalue weighted by atomic mass is 10.1. The van der Waals surface area contributed by atoms with E-state index in [-0.39, 0.29) is 22.4 Å². The maximum atomic E-state index is 12.8. The zero-order chi connectivity index (χ0) is 29.6. The highest BCUT2D eigenvalue weighted by molar-refractivity contribution is 6.28. The molecule has 0 saturated carbocycles. The predicted octanol–water partition coefficient (Wildman–Crippen LogP) is 4.85. The molecule has 10 heteroatoms. The topological polar surface area (TPSA) is 131 Å². The molecular formula is C32H23N3O7. The van der Waals surface area contributed by atoms with Crippen molar-refractivity contribution >= 4 is 46.7 Å².